The van der Waals surface area contributed by atoms with Crippen LogP contribution in [0.4, 0.5) is 5.82 Å². The van der Waals surface area contributed by atoms with Gasteiger partial charge in [-0.05, 0) is 32.4 Å². The smallest absolute Gasteiger partial charge is 0.153 e. The zero-order valence-electron chi connectivity index (χ0n) is 11.1. The molecular weight excluding hydrogens is 258 g/mol. The quantitative estimate of drug-likeness (QED) is 0.778. The molecule has 3 heterocycles. The maximum atomic E-state index is 6.06. The number of hydrogen-bond acceptors (Lipinski definition) is 5. The third-order valence-corrected chi connectivity index (χ3v) is 4.28. The van der Waals surface area contributed by atoms with Crippen LogP contribution in [-0.4, -0.2) is 19.7 Å². The molecule has 2 N–H and O–H groups in total. The predicted molar refractivity (Wildman–Crippen MR) is 77.4 cm³/mol. The van der Waals surface area contributed by atoms with Crippen molar-refractivity contribution in [3.05, 3.63) is 34.2 Å². The van der Waals surface area contributed by atoms with Crippen molar-refractivity contribution in [2.24, 2.45) is 0 Å². The van der Waals surface area contributed by atoms with E-state index in [1.807, 2.05) is 23.9 Å². The van der Waals surface area contributed by atoms with E-state index in [1.165, 1.54) is 10.4 Å². The van der Waals surface area contributed by atoms with Crippen molar-refractivity contribution in [1.29, 1.82) is 0 Å². The molecule has 5 nitrogen and oxygen atoms in total. The summed E-state index contributed by atoms with van der Waals surface area (Å²) in [5, 5.41) is 5.33. The van der Waals surface area contributed by atoms with Crippen LogP contribution in [0, 0.1) is 20.8 Å². The van der Waals surface area contributed by atoms with Gasteiger partial charge in [0.25, 0.3) is 0 Å². The number of hydrogen-bond donors (Lipinski definition) is 1. The lowest BCUT2D eigenvalue weighted by molar-refractivity contribution is 0.653. The highest BCUT2D eigenvalue weighted by Crippen LogP contribution is 2.31. The lowest BCUT2D eigenvalue weighted by Crippen LogP contribution is -2.07. The Kier molecular flexibility index (Phi) is 2.74. The normalized spacial score (nSPS) is 11.3. The van der Waals surface area contributed by atoms with Gasteiger partial charge in [0.15, 0.2) is 5.82 Å². The topological polar surface area (TPSA) is 69.6 Å². The number of nitrogens with zero attached hydrogens (tertiary/aromatic N) is 4. The van der Waals surface area contributed by atoms with Gasteiger partial charge in [0, 0.05) is 11.1 Å². The summed E-state index contributed by atoms with van der Waals surface area (Å²) in [5.41, 5.74) is 8.22. The van der Waals surface area contributed by atoms with Crippen molar-refractivity contribution in [2.45, 2.75) is 27.3 Å². The van der Waals surface area contributed by atoms with Crippen LogP contribution in [-0.2, 0) is 6.54 Å². The zero-order valence-corrected chi connectivity index (χ0v) is 12.0. The maximum absolute atomic E-state index is 6.06. The molecule has 0 unspecified atom stereocenters. The van der Waals surface area contributed by atoms with Crippen molar-refractivity contribution in [3.63, 3.8) is 0 Å². The van der Waals surface area contributed by atoms with Crippen LogP contribution in [0.2, 0.25) is 0 Å². The first-order chi connectivity index (χ1) is 9.04. The van der Waals surface area contributed by atoms with Gasteiger partial charge in [-0.3, -0.25) is 4.68 Å². The van der Waals surface area contributed by atoms with Gasteiger partial charge >= 0.3 is 0 Å². The zero-order chi connectivity index (χ0) is 13.6. The first kappa shape index (κ1) is 12.1. The molecule has 0 aromatic carbocycles. The molecule has 0 aliphatic rings. The van der Waals surface area contributed by atoms with Crippen LogP contribution in [0.25, 0.3) is 10.2 Å². The molecule has 6 heteroatoms. The van der Waals surface area contributed by atoms with E-state index < -0.39 is 0 Å². The summed E-state index contributed by atoms with van der Waals surface area (Å²) in [7, 11) is 0. The molecule has 3 rings (SSSR count). The summed E-state index contributed by atoms with van der Waals surface area (Å²) >= 11 is 1.66. The standard InChI is InChI=1S/C13H15N5S/c1-7-4-5-18(17-7)6-10-15-12(14)11-8(2)9(3)19-13(11)16-10/h4-5H,6H2,1-3H3,(H2,14,15,16). The molecule has 3 aromatic rings. The molecule has 98 valence electrons. The van der Waals surface area contributed by atoms with Crippen molar-refractivity contribution in [2.75, 3.05) is 5.73 Å². The average Bonchev–Trinajstić information content (AvgIpc) is 2.85. The monoisotopic (exact) mass is 273 g/mol. The van der Waals surface area contributed by atoms with E-state index in [4.69, 9.17) is 5.73 Å². The predicted octanol–water partition coefficient (Wildman–Crippen LogP) is 2.44. The minimum Gasteiger partial charge on any atom is -0.383 e. The lowest BCUT2D eigenvalue weighted by Gasteiger charge is -2.03. The van der Waals surface area contributed by atoms with Gasteiger partial charge in [0.2, 0.25) is 0 Å². The van der Waals surface area contributed by atoms with E-state index in [1.54, 1.807) is 11.3 Å². The first-order valence-corrected chi connectivity index (χ1v) is 6.88. The molecule has 0 bridgehead atoms. The molecule has 0 atom stereocenters. The van der Waals surface area contributed by atoms with Crippen molar-refractivity contribution >= 4 is 27.4 Å². The Labute approximate surface area is 115 Å². The molecular formula is C13H15N5S. The molecule has 3 aromatic heterocycles. The van der Waals surface area contributed by atoms with Crippen LogP contribution in [0.1, 0.15) is 22.0 Å². The highest BCUT2D eigenvalue weighted by molar-refractivity contribution is 7.18. The maximum Gasteiger partial charge on any atom is 0.153 e. The number of nitrogen functional groups attached to an aromatic ring is 1. The molecule has 19 heavy (non-hydrogen) atoms. The Morgan fingerprint density at radius 1 is 1.26 bits per heavy atom. The van der Waals surface area contributed by atoms with Gasteiger partial charge < -0.3 is 5.73 Å². The highest BCUT2D eigenvalue weighted by Gasteiger charge is 2.12. The molecule has 0 aliphatic heterocycles. The Morgan fingerprint density at radius 2 is 2.05 bits per heavy atom. The van der Waals surface area contributed by atoms with Gasteiger partial charge in [-0.25, -0.2) is 9.97 Å². The lowest BCUT2D eigenvalue weighted by atomic mass is 10.2. The SMILES string of the molecule is Cc1ccn(Cc2nc(N)c3c(C)c(C)sc3n2)n1. The third-order valence-electron chi connectivity index (χ3n) is 3.18. The molecule has 0 amide bonds. The minimum atomic E-state index is 0.546. The number of thiophene rings is 1. The molecule has 0 saturated heterocycles. The van der Waals surface area contributed by atoms with Crippen LogP contribution < -0.4 is 5.73 Å². The van der Waals surface area contributed by atoms with Crippen molar-refractivity contribution in [3.8, 4) is 0 Å². The second kappa shape index (κ2) is 4.31. The van der Waals surface area contributed by atoms with Gasteiger partial charge in [-0.1, -0.05) is 0 Å². The van der Waals surface area contributed by atoms with E-state index in [0.717, 1.165) is 15.9 Å². The van der Waals surface area contributed by atoms with Crippen molar-refractivity contribution < 1.29 is 0 Å². The average molecular weight is 273 g/mol. The molecule has 0 saturated carbocycles. The van der Waals surface area contributed by atoms with Gasteiger partial charge in [0.1, 0.15) is 17.2 Å². The number of anilines is 1. The van der Waals surface area contributed by atoms with Crippen molar-refractivity contribution in [1.82, 2.24) is 19.7 Å². The Bertz CT molecular complexity index is 756. The molecule has 0 radical (unpaired) electrons. The Balaban J connectivity index is 2.06. The van der Waals surface area contributed by atoms with Gasteiger partial charge in [-0.2, -0.15) is 5.10 Å². The first-order valence-electron chi connectivity index (χ1n) is 6.06. The van der Waals surface area contributed by atoms with Crippen LogP contribution >= 0.6 is 11.3 Å². The van der Waals surface area contributed by atoms with E-state index in [9.17, 15) is 0 Å². The second-order valence-electron chi connectivity index (χ2n) is 4.64. The van der Waals surface area contributed by atoms with Gasteiger partial charge in [0.05, 0.1) is 11.1 Å². The van der Waals surface area contributed by atoms with Crippen LogP contribution in [0.5, 0.6) is 0 Å². The summed E-state index contributed by atoms with van der Waals surface area (Å²) in [6.45, 7) is 6.65. The summed E-state index contributed by atoms with van der Waals surface area (Å²) in [4.78, 5) is 11.2. The summed E-state index contributed by atoms with van der Waals surface area (Å²) in [6.07, 6.45) is 1.92. The highest BCUT2D eigenvalue weighted by atomic mass is 32.1. The van der Waals surface area contributed by atoms with E-state index in [0.29, 0.717) is 18.2 Å². The summed E-state index contributed by atoms with van der Waals surface area (Å²) in [5.74, 6) is 1.26. The third kappa shape index (κ3) is 2.08. The van der Waals surface area contributed by atoms with Gasteiger partial charge in [-0.15, -0.1) is 11.3 Å². The summed E-state index contributed by atoms with van der Waals surface area (Å²) < 4.78 is 1.82. The summed E-state index contributed by atoms with van der Waals surface area (Å²) in [6, 6.07) is 1.96. The minimum absolute atomic E-state index is 0.546. The number of aryl methyl sites for hydroxylation is 3. The fourth-order valence-electron chi connectivity index (χ4n) is 2.09. The van der Waals surface area contributed by atoms with E-state index in [-0.39, 0.29) is 0 Å². The largest absolute Gasteiger partial charge is 0.383 e. The fraction of sp³-hybridized carbons (Fsp3) is 0.308. The van der Waals surface area contributed by atoms with E-state index in [2.05, 4.69) is 28.9 Å². The fourth-order valence-corrected chi connectivity index (χ4v) is 3.15. The van der Waals surface area contributed by atoms with E-state index >= 15 is 0 Å². The number of aromatic nitrogens is 4. The number of nitrogens with two attached hydrogens (primary N) is 1. The Hall–Kier alpha value is -1.95. The second-order valence-corrected chi connectivity index (χ2v) is 5.85. The Morgan fingerprint density at radius 3 is 2.74 bits per heavy atom. The number of fused-ring (bicyclic) bond motifs is 1. The number of rotatable bonds is 2. The molecule has 0 fully saturated rings. The van der Waals surface area contributed by atoms with Crippen LogP contribution in [0.15, 0.2) is 12.3 Å². The molecule has 0 spiro atoms. The van der Waals surface area contributed by atoms with Crippen LogP contribution in [0.3, 0.4) is 0 Å². The molecule has 0 aliphatic carbocycles.